The highest BCUT2D eigenvalue weighted by atomic mass is 19.1. The lowest BCUT2D eigenvalue weighted by Gasteiger charge is -2.28. The molecule has 1 aliphatic carbocycles. The minimum absolute atomic E-state index is 0.0292. The topological polar surface area (TPSA) is 75.6 Å². The summed E-state index contributed by atoms with van der Waals surface area (Å²) in [5.41, 5.74) is -0.591. The van der Waals surface area contributed by atoms with Crippen LogP contribution in [0.4, 0.5) is 4.39 Å². The van der Waals surface area contributed by atoms with Gasteiger partial charge in [-0.15, -0.1) is 0 Å². The minimum Gasteiger partial charge on any atom is -0.493 e. The van der Waals surface area contributed by atoms with Gasteiger partial charge in [0, 0.05) is 12.5 Å². The van der Waals surface area contributed by atoms with Crippen molar-refractivity contribution in [2.24, 2.45) is 0 Å². The number of aliphatic carboxylic acids is 1. The average molecular weight is 323 g/mol. The van der Waals surface area contributed by atoms with Crippen LogP contribution in [-0.4, -0.2) is 29.1 Å². The van der Waals surface area contributed by atoms with Gasteiger partial charge in [0.05, 0.1) is 18.6 Å². The summed E-state index contributed by atoms with van der Waals surface area (Å²) in [5, 5.41) is 11.9. The fourth-order valence-electron chi connectivity index (χ4n) is 3.03. The standard InChI is InChI=1S/C17H22FNO4/c18-13-5-3-6-14(11-13)23-10-4-7-15(20)19-17(12-16(21)22)8-1-2-9-17/h3,5-6,11H,1-2,4,7-10,12H2,(H,19,20)(H,21,22). The number of halogens is 1. The first-order valence-corrected chi connectivity index (χ1v) is 7.90. The van der Waals surface area contributed by atoms with Crippen molar-refractivity contribution in [2.45, 2.75) is 50.5 Å². The zero-order chi connectivity index (χ0) is 16.7. The smallest absolute Gasteiger partial charge is 0.305 e. The summed E-state index contributed by atoms with van der Waals surface area (Å²) in [4.78, 5) is 23.0. The molecule has 23 heavy (non-hydrogen) atoms. The molecule has 0 unspecified atom stereocenters. The lowest BCUT2D eigenvalue weighted by molar-refractivity contribution is -0.139. The third kappa shape index (κ3) is 5.54. The summed E-state index contributed by atoms with van der Waals surface area (Å²) in [5.74, 6) is -0.974. The number of nitrogens with one attached hydrogen (secondary N) is 1. The molecule has 0 atom stereocenters. The number of carboxylic acid groups (broad SMARTS) is 1. The summed E-state index contributed by atoms with van der Waals surface area (Å²) < 4.78 is 18.4. The molecule has 1 amide bonds. The first-order valence-electron chi connectivity index (χ1n) is 7.90. The van der Waals surface area contributed by atoms with Crippen LogP contribution in [0.1, 0.15) is 44.9 Å². The molecule has 126 valence electrons. The predicted octanol–water partition coefficient (Wildman–Crippen LogP) is 2.89. The number of carbonyl (C=O) groups excluding carboxylic acids is 1. The van der Waals surface area contributed by atoms with E-state index in [2.05, 4.69) is 5.32 Å². The molecule has 1 aromatic carbocycles. The Morgan fingerprint density at radius 2 is 2.04 bits per heavy atom. The number of carboxylic acids is 1. The van der Waals surface area contributed by atoms with Gasteiger partial charge in [0.15, 0.2) is 0 Å². The largest absolute Gasteiger partial charge is 0.493 e. The van der Waals surface area contributed by atoms with Crippen LogP contribution in [0, 0.1) is 5.82 Å². The molecule has 0 aliphatic heterocycles. The third-order valence-corrected chi connectivity index (χ3v) is 4.07. The molecule has 0 aromatic heterocycles. The SMILES string of the molecule is O=C(O)CC1(NC(=O)CCCOc2cccc(F)c2)CCCC1. The van der Waals surface area contributed by atoms with Crippen LogP contribution in [0.15, 0.2) is 24.3 Å². The maximum absolute atomic E-state index is 13.0. The van der Waals surface area contributed by atoms with E-state index in [-0.39, 0.29) is 24.6 Å². The number of amides is 1. The van der Waals surface area contributed by atoms with Gasteiger partial charge in [-0.1, -0.05) is 18.9 Å². The Bertz CT molecular complexity index is 555. The van der Waals surface area contributed by atoms with E-state index >= 15 is 0 Å². The first kappa shape index (κ1) is 17.2. The van der Waals surface area contributed by atoms with Crippen molar-refractivity contribution in [2.75, 3.05) is 6.61 Å². The van der Waals surface area contributed by atoms with Crippen LogP contribution in [0.25, 0.3) is 0 Å². The number of hydrogen-bond donors (Lipinski definition) is 2. The molecular weight excluding hydrogens is 301 g/mol. The quantitative estimate of drug-likeness (QED) is 0.721. The second kappa shape index (κ2) is 7.94. The van der Waals surface area contributed by atoms with Crippen LogP contribution in [0.5, 0.6) is 5.75 Å². The summed E-state index contributed by atoms with van der Waals surface area (Å²) in [6, 6.07) is 5.85. The summed E-state index contributed by atoms with van der Waals surface area (Å²) >= 11 is 0. The van der Waals surface area contributed by atoms with Crippen molar-refractivity contribution in [3.63, 3.8) is 0 Å². The lowest BCUT2D eigenvalue weighted by Crippen LogP contribution is -2.47. The highest BCUT2D eigenvalue weighted by Gasteiger charge is 2.37. The van der Waals surface area contributed by atoms with Gasteiger partial charge >= 0.3 is 5.97 Å². The summed E-state index contributed by atoms with van der Waals surface area (Å²) in [7, 11) is 0. The van der Waals surface area contributed by atoms with Crippen molar-refractivity contribution >= 4 is 11.9 Å². The molecule has 2 N–H and O–H groups in total. The Morgan fingerprint density at radius 1 is 1.30 bits per heavy atom. The van der Waals surface area contributed by atoms with Crippen LogP contribution in [-0.2, 0) is 9.59 Å². The lowest BCUT2D eigenvalue weighted by atomic mass is 9.93. The highest BCUT2D eigenvalue weighted by Crippen LogP contribution is 2.32. The predicted molar refractivity (Wildman–Crippen MR) is 82.7 cm³/mol. The van der Waals surface area contributed by atoms with Crippen molar-refractivity contribution < 1.29 is 23.8 Å². The van der Waals surface area contributed by atoms with Gasteiger partial charge in [-0.05, 0) is 31.4 Å². The molecular formula is C17H22FNO4. The van der Waals surface area contributed by atoms with Gasteiger partial charge in [0.25, 0.3) is 0 Å². The van der Waals surface area contributed by atoms with Crippen LogP contribution >= 0.6 is 0 Å². The monoisotopic (exact) mass is 323 g/mol. The van der Waals surface area contributed by atoms with Crippen molar-refractivity contribution in [1.29, 1.82) is 0 Å². The second-order valence-electron chi connectivity index (χ2n) is 6.02. The van der Waals surface area contributed by atoms with E-state index in [0.29, 0.717) is 31.6 Å². The van der Waals surface area contributed by atoms with E-state index in [0.717, 1.165) is 12.8 Å². The maximum Gasteiger partial charge on any atom is 0.305 e. The molecule has 1 saturated carbocycles. The number of rotatable bonds is 8. The molecule has 1 aliphatic rings. The molecule has 0 spiro atoms. The van der Waals surface area contributed by atoms with Gasteiger partial charge < -0.3 is 15.2 Å². The maximum atomic E-state index is 13.0. The fourth-order valence-corrected chi connectivity index (χ4v) is 3.03. The summed E-state index contributed by atoms with van der Waals surface area (Å²) in [6.45, 7) is 0.308. The Kier molecular flexibility index (Phi) is 5.96. The number of ether oxygens (including phenoxy) is 1. The zero-order valence-electron chi connectivity index (χ0n) is 13.0. The Hall–Kier alpha value is -2.11. The molecule has 5 nitrogen and oxygen atoms in total. The van der Waals surface area contributed by atoms with Crippen molar-refractivity contribution in [3.8, 4) is 5.75 Å². The Labute approximate surface area is 134 Å². The van der Waals surface area contributed by atoms with E-state index in [1.165, 1.54) is 12.1 Å². The second-order valence-corrected chi connectivity index (χ2v) is 6.02. The van der Waals surface area contributed by atoms with E-state index in [4.69, 9.17) is 9.84 Å². The van der Waals surface area contributed by atoms with Gasteiger partial charge in [-0.2, -0.15) is 0 Å². The number of carbonyl (C=O) groups is 2. The van der Waals surface area contributed by atoms with Gasteiger partial charge in [-0.25, -0.2) is 4.39 Å². The number of hydrogen-bond acceptors (Lipinski definition) is 3. The fraction of sp³-hybridized carbons (Fsp3) is 0.529. The van der Waals surface area contributed by atoms with Crippen LogP contribution < -0.4 is 10.1 Å². The normalized spacial score (nSPS) is 16.0. The first-order chi connectivity index (χ1) is 11.0. The van der Waals surface area contributed by atoms with E-state index in [9.17, 15) is 14.0 Å². The van der Waals surface area contributed by atoms with Crippen LogP contribution in [0.2, 0.25) is 0 Å². The minimum atomic E-state index is -0.887. The molecule has 1 aromatic rings. The Balaban J connectivity index is 1.73. The molecule has 0 bridgehead atoms. The zero-order valence-corrected chi connectivity index (χ0v) is 13.0. The summed E-state index contributed by atoms with van der Waals surface area (Å²) in [6.07, 6.45) is 4.03. The van der Waals surface area contributed by atoms with Crippen LogP contribution in [0.3, 0.4) is 0 Å². The third-order valence-electron chi connectivity index (χ3n) is 4.07. The molecule has 0 radical (unpaired) electrons. The van der Waals surface area contributed by atoms with E-state index in [1.54, 1.807) is 12.1 Å². The van der Waals surface area contributed by atoms with Gasteiger partial charge in [0.2, 0.25) is 5.91 Å². The average Bonchev–Trinajstić information content (AvgIpc) is 2.91. The van der Waals surface area contributed by atoms with Gasteiger partial charge in [0.1, 0.15) is 11.6 Å². The molecule has 1 fully saturated rings. The van der Waals surface area contributed by atoms with E-state index in [1.807, 2.05) is 0 Å². The van der Waals surface area contributed by atoms with Crippen molar-refractivity contribution in [3.05, 3.63) is 30.1 Å². The van der Waals surface area contributed by atoms with Gasteiger partial charge in [-0.3, -0.25) is 9.59 Å². The molecule has 2 rings (SSSR count). The Morgan fingerprint density at radius 3 is 2.70 bits per heavy atom. The molecule has 6 heteroatoms. The molecule has 0 saturated heterocycles. The molecule has 0 heterocycles. The van der Waals surface area contributed by atoms with Crippen molar-refractivity contribution in [1.82, 2.24) is 5.32 Å². The number of benzene rings is 1. The van der Waals surface area contributed by atoms with E-state index < -0.39 is 11.5 Å². The highest BCUT2D eigenvalue weighted by molar-refractivity contribution is 5.78.